The van der Waals surface area contributed by atoms with Crippen LogP contribution in [0.1, 0.15) is 24.5 Å². The lowest BCUT2D eigenvalue weighted by Gasteiger charge is -2.43. The molecule has 2 amide bonds. The summed E-state index contributed by atoms with van der Waals surface area (Å²) in [4.78, 5) is 27.3. The number of nitrogens with one attached hydrogen (secondary N) is 1. The number of aryl methyl sites for hydroxylation is 1. The summed E-state index contributed by atoms with van der Waals surface area (Å²) < 4.78 is 0. The van der Waals surface area contributed by atoms with Crippen molar-refractivity contribution in [3.05, 3.63) is 35.4 Å². The number of carbonyl (C=O) groups is 2. The summed E-state index contributed by atoms with van der Waals surface area (Å²) in [5.74, 6) is -0.835. The van der Waals surface area contributed by atoms with Crippen LogP contribution in [-0.4, -0.2) is 53.8 Å². The maximum atomic E-state index is 11.8. The van der Waals surface area contributed by atoms with Gasteiger partial charge >= 0.3 is 11.8 Å². The summed E-state index contributed by atoms with van der Waals surface area (Å²) in [6, 6.07) is 8.86. The summed E-state index contributed by atoms with van der Waals surface area (Å²) in [5, 5.41) is 2.68. The number of benzene rings is 1. The van der Waals surface area contributed by atoms with Gasteiger partial charge in [0.25, 0.3) is 0 Å². The van der Waals surface area contributed by atoms with E-state index in [0.29, 0.717) is 13.1 Å². The van der Waals surface area contributed by atoms with Gasteiger partial charge in [-0.2, -0.15) is 0 Å². The number of hydrogen-bond donors (Lipinski definition) is 1. The first kappa shape index (κ1) is 15.0. The van der Waals surface area contributed by atoms with E-state index in [1.165, 1.54) is 11.1 Å². The van der Waals surface area contributed by atoms with E-state index in [0.717, 1.165) is 32.5 Å². The summed E-state index contributed by atoms with van der Waals surface area (Å²) in [7, 11) is 0. The number of rotatable bonds is 4. The van der Waals surface area contributed by atoms with Crippen LogP contribution < -0.4 is 5.32 Å². The van der Waals surface area contributed by atoms with Gasteiger partial charge in [0.05, 0.1) is 6.04 Å². The van der Waals surface area contributed by atoms with Crippen LogP contribution in [0.2, 0.25) is 0 Å². The minimum Gasteiger partial charge on any atom is -0.346 e. The largest absolute Gasteiger partial charge is 0.346 e. The normalized spacial score (nSPS) is 22.4. The SMILES string of the molecule is CCCc1cccc(CN2CCN3C(=O)C(=O)NCC3C2)c1. The Bertz CT molecular complexity index is 573. The Hall–Kier alpha value is -1.88. The molecule has 5 heteroatoms. The number of carbonyl (C=O) groups excluding carboxylic acids is 2. The fourth-order valence-electron chi connectivity index (χ4n) is 3.35. The van der Waals surface area contributed by atoms with Crippen LogP contribution in [0.3, 0.4) is 0 Å². The van der Waals surface area contributed by atoms with Crippen LogP contribution in [0.4, 0.5) is 0 Å². The van der Waals surface area contributed by atoms with Crippen LogP contribution in [-0.2, 0) is 22.6 Å². The second-order valence-corrected chi connectivity index (χ2v) is 6.17. The second kappa shape index (κ2) is 6.48. The van der Waals surface area contributed by atoms with E-state index in [1.807, 2.05) is 0 Å². The van der Waals surface area contributed by atoms with E-state index in [1.54, 1.807) is 4.90 Å². The Kier molecular flexibility index (Phi) is 4.43. The quantitative estimate of drug-likeness (QED) is 0.836. The van der Waals surface area contributed by atoms with Crippen molar-refractivity contribution in [1.29, 1.82) is 0 Å². The minimum atomic E-state index is -0.461. The van der Waals surface area contributed by atoms with Crippen LogP contribution in [0.15, 0.2) is 24.3 Å². The second-order valence-electron chi connectivity index (χ2n) is 6.17. The zero-order valence-corrected chi connectivity index (χ0v) is 13.0. The van der Waals surface area contributed by atoms with E-state index < -0.39 is 5.91 Å². The van der Waals surface area contributed by atoms with Gasteiger partial charge in [0.15, 0.2) is 0 Å². The standard InChI is InChI=1S/C17H23N3O2/c1-2-4-13-5-3-6-14(9-13)11-19-7-8-20-15(12-19)10-18-16(21)17(20)22/h3,5-6,9,15H,2,4,7-8,10-12H2,1H3,(H,18,21). The van der Waals surface area contributed by atoms with Gasteiger partial charge in [-0.1, -0.05) is 37.6 Å². The first-order chi connectivity index (χ1) is 10.7. The lowest BCUT2D eigenvalue weighted by Crippen LogP contribution is -2.65. The molecule has 0 radical (unpaired) electrons. The molecule has 118 valence electrons. The molecule has 1 atom stereocenters. The van der Waals surface area contributed by atoms with Crippen LogP contribution in [0, 0.1) is 0 Å². The van der Waals surface area contributed by atoms with Gasteiger partial charge < -0.3 is 10.2 Å². The number of fused-ring (bicyclic) bond motifs is 1. The highest BCUT2D eigenvalue weighted by atomic mass is 16.2. The van der Waals surface area contributed by atoms with Gasteiger partial charge in [-0.05, 0) is 17.5 Å². The van der Waals surface area contributed by atoms with Crippen molar-refractivity contribution < 1.29 is 9.59 Å². The van der Waals surface area contributed by atoms with E-state index >= 15 is 0 Å². The molecule has 1 aromatic rings. The Morgan fingerprint density at radius 1 is 1.23 bits per heavy atom. The maximum absolute atomic E-state index is 11.8. The summed E-state index contributed by atoms with van der Waals surface area (Å²) in [6.45, 7) is 5.96. The molecule has 0 aliphatic carbocycles. The summed E-state index contributed by atoms with van der Waals surface area (Å²) in [6.07, 6.45) is 2.27. The third-order valence-corrected chi connectivity index (χ3v) is 4.46. The lowest BCUT2D eigenvalue weighted by molar-refractivity contribution is -0.152. The molecule has 2 saturated heterocycles. The molecule has 0 saturated carbocycles. The molecule has 1 unspecified atom stereocenters. The van der Waals surface area contributed by atoms with Crippen molar-refractivity contribution in [1.82, 2.24) is 15.1 Å². The molecular formula is C17H23N3O2. The molecule has 1 N–H and O–H groups in total. The predicted octanol–water partition coefficient (Wildman–Crippen LogP) is 0.782. The van der Waals surface area contributed by atoms with Crippen molar-refractivity contribution >= 4 is 11.8 Å². The van der Waals surface area contributed by atoms with Gasteiger partial charge in [-0.3, -0.25) is 14.5 Å². The van der Waals surface area contributed by atoms with E-state index in [-0.39, 0.29) is 11.9 Å². The Balaban J connectivity index is 1.62. The molecule has 2 aliphatic heterocycles. The Morgan fingerprint density at radius 3 is 2.86 bits per heavy atom. The average Bonchev–Trinajstić information content (AvgIpc) is 2.52. The van der Waals surface area contributed by atoms with E-state index in [2.05, 4.69) is 41.4 Å². The molecule has 3 rings (SSSR count). The van der Waals surface area contributed by atoms with Crippen LogP contribution in [0.25, 0.3) is 0 Å². The first-order valence-corrected chi connectivity index (χ1v) is 8.06. The molecule has 2 fully saturated rings. The zero-order valence-electron chi connectivity index (χ0n) is 13.0. The maximum Gasteiger partial charge on any atom is 0.312 e. The molecule has 2 heterocycles. The molecule has 2 aliphatic rings. The molecule has 0 bridgehead atoms. The van der Waals surface area contributed by atoms with E-state index in [4.69, 9.17) is 0 Å². The number of piperazine rings is 2. The monoisotopic (exact) mass is 301 g/mol. The summed E-state index contributed by atoms with van der Waals surface area (Å²) in [5.41, 5.74) is 2.71. The van der Waals surface area contributed by atoms with Gasteiger partial charge in [0, 0.05) is 32.7 Å². The van der Waals surface area contributed by atoms with E-state index in [9.17, 15) is 9.59 Å². The van der Waals surface area contributed by atoms with Gasteiger partial charge in [-0.15, -0.1) is 0 Å². The number of hydrogen-bond acceptors (Lipinski definition) is 3. The molecule has 5 nitrogen and oxygen atoms in total. The fourth-order valence-corrected chi connectivity index (χ4v) is 3.35. The van der Waals surface area contributed by atoms with Gasteiger partial charge in [0.1, 0.15) is 0 Å². The lowest BCUT2D eigenvalue weighted by atomic mass is 10.0. The van der Waals surface area contributed by atoms with Crippen molar-refractivity contribution in [2.45, 2.75) is 32.4 Å². The Labute approximate surface area is 131 Å². The van der Waals surface area contributed by atoms with Crippen molar-refractivity contribution in [3.8, 4) is 0 Å². The fraction of sp³-hybridized carbons (Fsp3) is 0.529. The molecule has 22 heavy (non-hydrogen) atoms. The van der Waals surface area contributed by atoms with Crippen molar-refractivity contribution in [3.63, 3.8) is 0 Å². The highest BCUT2D eigenvalue weighted by Crippen LogP contribution is 2.16. The Morgan fingerprint density at radius 2 is 2.05 bits per heavy atom. The summed E-state index contributed by atoms with van der Waals surface area (Å²) >= 11 is 0. The molecule has 0 spiro atoms. The zero-order chi connectivity index (χ0) is 15.5. The number of amides is 2. The van der Waals surface area contributed by atoms with Gasteiger partial charge in [-0.25, -0.2) is 0 Å². The third kappa shape index (κ3) is 3.14. The highest BCUT2D eigenvalue weighted by molar-refractivity contribution is 6.35. The first-order valence-electron chi connectivity index (χ1n) is 8.06. The molecule has 0 aromatic heterocycles. The highest BCUT2D eigenvalue weighted by Gasteiger charge is 2.37. The van der Waals surface area contributed by atoms with Gasteiger partial charge in [0.2, 0.25) is 0 Å². The van der Waals surface area contributed by atoms with Crippen LogP contribution >= 0.6 is 0 Å². The predicted molar refractivity (Wildman–Crippen MR) is 84.2 cm³/mol. The average molecular weight is 301 g/mol. The van der Waals surface area contributed by atoms with Crippen LogP contribution in [0.5, 0.6) is 0 Å². The third-order valence-electron chi connectivity index (χ3n) is 4.46. The number of nitrogens with zero attached hydrogens (tertiary/aromatic N) is 2. The topological polar surface area (TPSA) is 52.7 Å². The van der Waals surface area contributed by atoms with Crippen molar-refractivity contribution in [2.75, 3.05) is 26.2 Å². The molecule has 1 aromatic carbocycles. The minimum absolute atomic E-state index is 0.109. The smallest absolute Gasteiger partial charge is 0.312 e. The molecular weight excluding hydrogens is 278 g/mol. The van der Waals surface area contributed by atoms with Crippen molar-refractivity contribution in [2.24, 2.45) is 0 Å².